The van der Waals surface area contributed by atoms with E-state index in [0.29, 0.717) is 0 Å². The Bertz CT molecular complexity index is 490. The van der Waals surface area contributed by atoms with Gasteiger partial charge in [0.05, 0.1) is 11.6 Å². The van der Waals surface area contributed by atoms with Crippen LogP contribution in [0.4, 0.5) is 0 Å². The van der Waals surface area contributed by atoms with Crippen LogP contribution in [0.5, 0.6) is 5.75 Å². The van der Waals surface area contributed by atoms with Gasteiger partial charge in [-0.2, -0.15) is 4.73 Å². The van der Waals surface area contributed by atoms with Gasteiger partial charge in [-0.25, -0.2) is 0 Å². The first kappa shape index (κ1) is 12.1. The maximum absolute atomic E-state index is 11.0. The summed E-state index contributed by atoms with van der Waals surface area (Å²) in [5.41, 5.74) is 0. The third kappa shape index (κ3) is 2.16. The van der Waals surface area contributed by atoms with E-state index in [2.05, 4.69) is 15.9 Å². The highest BCUT2D eigenvalue weighted by atomic mass is 79.9. The van der Waals surface area contributed by atoms with Crippen molar-refractivity contribution in [1.29, 1.82) is 0 Å². The molecule has 0 radical (unpaired) electrons. The largest absolute Gasteiger partial charge is 0.619 e. The third-order valence-electron chi connectivity index (χ3n) is 2.05. The van der Waals surface area contributed by atoms with Crippen molar-refractivity contribution in [2.24, 2.45) is 0 Å². The molecule has 1 aromatic carbocycles. The van der Waals surface area contributed by atoms with Gasteiger partial charge in [-0.15, -0.1) is 12.4 Å². The highest BCUT2D eigenvalue weighted by Gasteiger charge is 2.06. The van der Waals surface area contributed by atoms with Crippen molar-refractivity contribution in [3.05, 3.63) is 40.3 Å². The van der Waals surface area contributed by atoms with Crippen LogP contribution in [0.15, 0.2) is 35.1 Å². The van der Waals surface area contributed by atoms with Crippen LogP contribution in [-0.4, -0.2) is 7.11 Å². The van der Waals surface area contributed by atoms with Gasteiger partial charge in [-0.05, 0) is 28.1 Å². The van der Waals surface area contributed by atoms with Crippen molar-refractivity contribution in [2.75, 3.05) is 7.11 Å². The van der Waals surface area contributed by atoms with Gasteiger partial charge >= 0.3 is 0 Å². The quantitative estimate of drug-likeness (QED) is 0.598. The Morgan fingerprint density at radius 1 is 1.33 bits per heavy atom. The lowest BCUT2D eigenvalue weighted by molar-refractivity contribution is -0.603. The minimum Gasteiger partial charge on any atom is -0.619 e. The number of aromatic nitrogens is 1. The molecule has 0 unspecified atom stereocenters. The molecule has 0 atom stereocenters. The summed E-state index contributed by atoms with van der Waals surface area (Å²) in [5.74, 6) is 0.765. The molecule has 5 heteroatoms. The summed E-state index contributed by atoms with van der Waals surface area (Å²) in [6.45, 7) is 0. The Balaban J connectivity index is 0.00000112. The first-order valence-corrected chi connectivity index (χ1v) is 4.86. The van der Waals surface area contributed by atoms with Gasteiger partial charge in [0.25, 0.3) is 0 Å². The van der Waals surface area contributed by atoms with Crippen molar-refractivity contribution in [3.8, 4) is 5.75 Å². The Hall–Kier alpha value is -1.000. The molecule has 0 N–H and O–H groups in total. The van der Waals surface area contributed by atoms with Gasteiger partial charge in [0.2, 0.25) is 0 Å². The minimum absolute atomic E-state index is 0. The topological polar surface area (TPSA) is 36.2 Å². The smallest absolute Gasteiger partial charge is 0.188 e. The standard InChI is InChI=1S/C10H8BrNO2.ClH/c1-14-9-3-2-7-6-12(13)5-4-8(7)10(9)11;/h2-6H,1H3;1H. The molecule has 0 saturated carbocycles. The SMILES string of the molecule is COc1ccc2c[n+]([O-])ccc2c1Br.Cl. The maximum atomic E-state index is 11.0. The number of ether oxygens (including phenoxy) is 1. The van der Waals surface area contributed by atoms with Crippen molar-refractivity contribution in [1.82, 2.24) is 0 Å². The number of hydrogen-bond acceptors (Lipinski definition) is 2. The van der Waals surface area contributed by atoms with Crippen LogP contribution in [0.25, 0.3) is 10.8 Å². The number of methoxy groups -OCH3 is 1. The van der Waals surface area contributed by atoms with Crippen LogP contribution >= 0.6 is 28.3 Å². The molecule has 0 saturated heterocycles. The molecular weight excluding hydrogens is 281 g/mol. The molecule has 0 bridgehead atoms. The summed E-state index contributed by atoms with van der Waals surface area (Å²) < 4.78 is 6.80. The van der Waals surface area contributed by atoms with Gasteiger partial charge in [0.1, 0.15) is 5.75 Å². The van der Waals surface area contributed by atoms with E-state index in [0.717, 1.165) is 25.7 Å². The van der Waals surface area contributed by atoms with Gasteiger partial charge in [-0.3, -0.25) is 0 Å². The molecular formula is C10H9BrClNO2. The summed E-state index contributed by atoms with van der Waals surface area (Å²) in [6, 6.07) is 5.44. The zero-order valence-electron chi connectivity index (χ0n) is 7.94. The fourth-order valence-electron chi connectivity index (χ4n) is 1.36. The van der Waals surface area contributed by atoms with Crippen LogP contribution < -0.4 is 9.47 Å². The fourth-order valence-corrected chi connectivity index (χ4v) is 2.01. The lowest BCUT2D eigenvalue weighted by Gasteiger charge is -2.05. The van der Waals surface area contributed by atoms with Crippen molar-refractivity contribution in [2.45, 2.75) is 0 Å². The number of rotatable bonds is 1. The average Bonchev–Trinajstić information content (AvgIpc) is 2.18. The normalized spacial score (nSPS) is 9.73. The summed E-state index contributed by atoms with van der Waals surface area (Å²) in [5, 5.41) is 12.9. The molecule has 2 aromatic rings. The van der Waals surface area contributed by atoms with E-state index in [1.807, 2.05) is 12.1 Å². The summed E-state index contributed by atoms with van der Waals surface area (Å²) in [6.07, 6.45) is 2.99. The second kappa shape index (κ2) is 4.68. The van der Waals surface area contributed by atoms with Gasteiger partial charge in [0, 0.05) is 16.8 Å². The summed E-state index contributed by atoms with van der Waals surface area (Å²) >= 11 is 3.43. The van der Waals surface area contributed by atoms with Crippen LogP contribution in [-0.2, 0) is 0 Å². The molecule has 3 nitrogen and oxygen atoms in total. The number of benzene rings is 1. The van der Waals surface area contributed by atoms with E-state index in [4.69, 9.17) is 4.74 Å². The zero-order chi connectivity index (χ0) is 10.1. The Labute approximate surface area is 102 Å². The monoisotopic (exact) mass is 289 g/mol. The number of hydrogen-bond donors (Lipinski definition) is 0. The predicted molar refractivity (Wildman–Crippen MR) is 64.4 cm³/mol. The molecule has 0 aliphatic heterocycles. The highest BCUT2D eigenvalue weighted by molar-refractivity contribution is 9.10. The van der Waals surface area contributed by atoms with Gasteiger partial charge in [-0.1, -0.05) is 0 Å². The second-order valence-corrected chi connectivity index (χ2v) is 3.68. The first-order chi connectivity index (χ1) is 6.72. The molecule has 0 amide bonds. The number of fused-ring (bicyclic) bond motifs is 1. The average molecular weight is 291 g/mol. The van der Waals surface area contributed by atoms with Crippen molar-refractivity contribution < 1.29 is 9.47 Å². The molecule has 1 heterocycles. The lowest BCUT2D eigenvalue weighted by atomic mass is 10.2. The summed E-state index contributed by atoms with van der Waals surface area (Å²) in [7, 11) is 1.61. The number of halogens is 2. The molecule has 0 aliphatic carbocycles. The third-order valence-corrected chi connectivity index (χ3v) is 2.87. The van der Waals surface area contributed by atoms with Crippen LogP contribution in [0.2, 0.25) is 0 Å². The maximum Gasteiger partial charge on any atom is 0.188 e. The molecule has 2 rings (SSSR count). The van der Waals surface area contributed by atoms with E-state index in [9.17, 15) is 5.21 Å². The molecule has 0 spiro atoms. The van der Waals surface area contributed by atoms with Crippen LogP contribution in [0.3, 0.4) is 0 Å². The van der Waals surface area contributed by atoms with E-state index in [1.165, 1.54) is 12.4 Å². The fraction of sp³-hybridized carbons (Fsp3) is 0.100. The first-order valence-electron chi connectivity index (χ1n) is 4.07. The number of pyridine rings is 1. The Morgan fingerprint density at radius 2 is 2.07 bits per heavy atom. The Morgan fingerprint density at radius 3 is 2.73 bits per heavy atom. The van der Waals surface area contributed by atoms with E-state index >= 15 is 0 Å². The molecule has 0 aliphatic rings. The molecule has 80 valence electrons. The minimum atomic E-state index is 0. The second-order valence-electron chi connectivity index (χ2n) is 2.89. The van der Waals surface area contributed by atoms with Gasteiger partial charge < -0.3 is 9.94 Å². The van der Waals surface area contributed by atoms with E-state index < -0.39 is 0 Å². The predicted octanol–water partition coefficient (Wildman–Crippen LogP) is 2.67. The molecule has 1 aromatic heterocycles. The van der Waals surface area contributed by atoms with Gasteiger partial charge in [0.15, 0.2) is 12.4 Å². The Kier molecular flexibility index (Phi) is 3.77. The molecule has 0 fully saturated rings. The van der Waals surface area contributed by atoms with Crippen LogP contribution in [0.1, 0.15) is 0 Å². The van der Waals surface area contributed by atoms with Crippen molar-refractivity contribution in [3.63, 3.8) is 0 Å². The lowest BCUT2D eigenvalue weighted by Crippen LogP contribution is -2.23. The summed E-state index contributed by atoms with van der Waals surface area (Å²) in [4.78, 5) is 0. The van der Waals surface area contributed by atoms with Crippen LogP contribution in [0, 0.1) is 5.21 Å². The molecule has 15 heavy (non-hydrogen) atoms. The highest BCUT2D eigenvalue weighted by Crippen LogP contribution is 2.31. The van der Waals surface area contributed by atoms with Crippen molar-refractivity contribution >= 4 is 39.1 Å². The zero-order valence-corrected chi connectivity index (χ0v) is 10.3. The van der Waals surface area contributed by atoms with E-state index in [-0.39, 0.29) is 12.4 Å². The van der Waals surface area contributed by atoms with E-state index in [1.54, 1.807) is 13.2 Å². The number of nitrogens with zero attached hydrogens (tertiary/aromatic N) is 1.